The number of alkyl halides is 3. The minimum Gasteiger partial charge on any atom is -0.468 e. The van der Waals surface area contributed by atoms with Crippen LogP contribution >= 0.6 is 35.0 Å². The van der Waals surface area contributed by atoms with Gasteiger partial charge in [-0.3, -0.25) is 9.59 Å². The number of furan rings is 1. The molecule has 3 aromatic rings. The van der Waals surface area contributed by atoms with Crippen LogP contribution < -0.4 is 16.0 Å². The van der Waals surface area contributed by atoms with Crippen LogP contribution in [0.1, 0.15) is 24.2 Å². The van der Waals surface area contributed by atoms with Gasteiger partial charge in [-0.2, -0.15) is 18.4 Å². The van der Waals surface area contributed by atoms with Gasteiger partial charge in [-0.05, 0) is 49.4 Å². The second-order valence-electron chi connectivity index (χ2n) is 8.43. The summed E-state index contributed by atoms with van der Waals surface area (Å²) in [5.41, 5.74) is -0.432. The summed E-state index contributed by atoms with van der Waals surface area (Å²) in [6, 6.07) is 14.5. The Labute approximate surface area is 241 Å². The minimum atomic E-state index is -4.65. The van der Waals surface area contributed by atoms with Gasteiger partial charge < -0.3 is 20.4 Å². The summed E-state index contributed by atoms with van der Waals surface area (Å²) >= 11 is 13.1. The quantitative estimate of drug-likeness (QED) is 0.260. The van der Waals surface area contributed by atoms with E-state index in [-0.39, 0.29) is 32.6 Å². The summed E-state index contributed by atoms with van der Waals surface area (Å²) in [6.45, 7) is 1.61. The second kappa shape index (κ2) is 12.1. The second-order valence-corrected chi connectivity index (χ2v) is 10.3. The summed E-state index contributed by atoms with van der Waals surface area (Å²) in [4.78, 5) is 26.0. The summed E-state index contributed by atoms with van der Waals surface area (Å²) in [5.74, 6) is -2.24. The van der Waals surface area contributed by atoms with Crippen molar-refractivity contribution in [2.75, 3.05) is 16.4 Å². The Kier molecular flexibility index (Phi) is 8.83. The molecule has 13 heteroatoms. The monoisotopic (exact) mass is 606 g/mol. The molecule has 40 heavy (non-hydrogen) atoms. The molecule has 4 rings (SSSR count). The van der Waals surface area contributed by atoms with E-state index in [1.54, 1.807) is 25.1 Å². The number of amides is 2. The van der Waals surface area contributed by atoms with E-state index in [1.165, 1.54) is 30.5 Å². The highest BCUT2D eigenvalue weighted by atomic mass is 35.5. The average molecular weight is 607 g/mol. The molecule has 1 aliphatic heterocycles. The predicted octanol–water partition coefficient (Wildman–Crippen LogP) is 7.31. The Morgan fingerprint density at radius 1 is 1.10 bits per heavy atom. The van der Waals surface area contributed by atoms with E-state index in [0.29, 0.717) is 22.2 Å². The molecule has 206 valence electrons. The predicted molar refractivity (Wildman–Crippen MR) is 148 cm³/mol. The van der Waals surface area contributed by atoms with E-state index in [2.05, 4.69) is 22.0 Å². The Balaban J connectivity index is 1.59. The normalized spacial score (nSPS) is 15.4. The lowest BCUT2D eigenvalue weighted by Gasteiger charge is -2.28. The standard InChI is InChI=1S/C27H19Cl2F3N4O3S/c1-14-23(25(38)36-20-9-8-15(28)11-18(20)29)24(21-7-4-10-39-21)16(12-33)26(34-14)40-13-22(37)35-19-6-3-2-5-17(19)27(30,31)32/h2-11,24,34H,13H2,1H3,(H,35,37)(H,36,38). The maximum Gasteiger partial charge on any atom is 0.418 e. The van der Waals surface area contributed by atoms with Crippen molar-refractivity contribution >= 4 is 58.2 Å². The van der Waals surface area contributed by atoms with Gasteiger partial charge in [-0.1, -0.05) is 47.1 Å². The first kappa shape index (κ1) is 29.1. The first-order valence-electron chi connectivity index (χ1n) is 11.5. The van der Waals surface area contributed by atoms with Gasteiger partial charge in [0.25, 0.3) is 5.91 Å². The van der Waals surface area contributed by atoms with Crippen LogP contribution in [0.3, 0.4) is 0 Å². The Morgan fingerprint density at radius 3 is 2.50 bits per heavy atom. The number of benzene rings is 2. The zero-order chi connectivity index (χ0) is 29.0. The van der Waals surface area contributed by atoms with Gasteiger partial charge in [0.05, 0.1) is 62.1 Å². The Bertz CT molecular complexity index is 1560. The molecule has 0 aliphatic carbocycles. The number of halogens is 5. The fourth-order valence-electron chi connectivity index (χ4n) is 4.01. The summed E-state index contributed by atoms with van der Waals surface area (Å²) in [7, 11) is 0. The van der Waals surface area contributed by atoms with Gasteiger partial charge in [0.1, 0.15) is 5.76 Å². The van der Waals surface area contributed by atoms with Crippen LogP contribution in [0.15, 0.2) is 87.1 Å². The number of dihydropyridines is 1. The lowest BCUT2D eigenvalue weighted by molar-refractivity contribution is -0.137. The number of thioether (sulfide) groups is 1. The molecule has 2 heterocycles. The molecule has 0 radical (unpaired) electrons. The van der Waals surface area contributed by atoms with Crippen LogP contribution in [-0.2, 0) is 15.8 Å². The maximum absolute atomic E-state index is 13.4. The number of anilines is 2. The molecular weight excluding hydrogens is 588 g/mol. The fourth-order valence-corrected chi connectivity index (χ4v) is 5.36. The molecule has 3 N–H and O–H groups in total. The highest BCUT2D eigenvalue weighted by molar-refractivity contribution is 8.03. The number of nitrogens with zero attached hydrogens (tertiary/aromatic N) is 1. The Hall–Kier alpha value is -3.85. The van der Waals surface area contributed by atoms with Crippen molar-refractivity contribution in [2.45, 2.75) is 19.0 Å². The van der Waals surface area contributed by atoms with E-state index < -0.39 is 29.5 Å². The van der Waals surface area contributed by atoms with Crippen LogP contribution in [0.25, 0.3) is 0 Å². The molecule has 7 nitrogen and oxygen atoms in total. The van der Waals surface area contributed by atoms with Crippen LogP contribution in [0.4, 0.5) is 24.5 Å². The number of rotatable bonds is 7. The molecule has 0 spiro atoms. The van der Waals surface area contributed by atoms with Crippen molar-refractivity contribution in [3.8, 4) is 6.07 Å². The number of hydrogen-bond donors (Lipinski definition) is 3. The molecule has 0 fully saturated rings. The number of hydrogen-bond acceptors (Lipinski definition) is 6. The van der Waals surface area contributed by atoms with Gasteiger partial charge in [0.15, 0.2) is 0 Å². The van der Waals surface area contributed by atoms with Crippen LogP contribution in [-0.4, -0.2) is 17.6 Å². The molecule has 0 saturated heterocycles. The Morgan fingerprint density at radius 2 is 1.85 bits per heavy atom. The van der Waals surface area contributed by atoms with E-state index in [1.807, 2.05) is 0 Å². The molecule has 1 atom stereocenters. The lowest BCUT2D eigenvalue weighted by atomic mass is 9.85. The third kappa shape index (κ3) is 6.47. The number of nitriles is 1. The highest BCUT2D eigenvalue weighted by Crippen LogP contribution is 2.41. The van der Waals surface area contributed by atoms with Gasteiger partial charge >= 0.3 is 6.18 Å². The van der Waals surface area contributed by atoms with Gasteiger partial charge in [-0.15, -0.1) is 0 Å². The van der Waals surface area contributed by atoms with Crippen molar-refractivity contribution in [3.63, 3.8) is 0 Å². The van der Waals surface area contributed by atoms with Crippen LogP contribution in [0.5, 0.6) is 0 Å². The van der Waals surface area contributed by atoms with Gasteiger partial charge in [0, 0.05) is 10.7 Å². The van der Waals surface area contributed by atoms with E-state index in [4.69, 9.17) is 27.6 Å². The third-order valence-corrected chi connectivity index (χ3v) is 7.32. The van der Waals surface area contributed by atoms with Gasteiger partial charge in [-0.25, -0.2) is 0 Å². The van der Waals surface area contributed by atoms with Crippen molar-refractivity contribution < 1.29 is 27.2 Å². The first-order chi connectivity index (χ1) is 19.0. The SMILES string of the molecule is CC1=C(C(=O)Nc2ccc(Cl)cc2Cl)C(c2ccco2)C(C#N)=C(SCC(=O)Nc2ccccc2C(F)(F)F)N1. The highest BCUT2D eigenvalue weighted by Gasteiger charge is 2.37. The number of para-hydroxylation sites is 1. The van der Waals surface area contributed by atoms with E-state index in [0.717, 1.165) is 23.9 Å². The lowest BCUT2D eigenvalue weighted by Crippen LogP contribution is -2.31. The van der Waals surface area contributed by atoms with Crippen LogP contribution in [0, 0.1) is 11.3 Å². The third-order valence-electron chi connectivity index (χ3n) is 5.75. The molecular formula is C27H19Cl2F3N4O3S. The molecule has 0 saturated carbocycles. The van der Waals surface area contributed by atoms with Crippen molar-refractivity contribution in [2.24, 2.45) is 0 Å². The van der Waals surface area contributed by atoms with E-state index in [9.17, 15) is 28.0 Å². The largest absolute Gasteiger partial charge is 0.468 e. The number of allylic oxidation sites excluding steroid dienone is 2. The van der Waals surface area contributed by atoms with Crippen molar-refractivity contribution in [3.05, 3.63) is 104 Å². The smallest absolute Gasteiger partial charge is 0.418 e. The number of carbonyl (C=O) groups is 2. The molecule has 1 aliphatic rings. The van der Waals surface area contributed by atoms with Crippen molar-refractivity contribution in [1.29, 1.82) is 5.26 Å². The minimum absolute atomic E-state index is 0.0846. The topological polar surface area (TPSA) is 107 Å². The van der Waals surface area contributed by atoms with E-state index >= 15 is 0 Å². The first-order valence-corrected chi connectivity index (χ1v) is 13.2. The van der Waals surface area contributed by atoms with Crippen molar-refractivity contribution in [1.82, 2.24) is 5.32 Å². The molecule has 1 aromatic heterocycles. The molecule has 2 amide bonds. The summed E-state index contributed by atoms with van der Waals surface area (Å²) in [5, 5.41) is 18.9. The van der Waals surface area contributed by atoms with Crippen LogP contribution in [0.2, 0.25) is 10.0 Å². The summed E-state index contributed by atoms with van der Waals surface area (Å²) in [6.07, 6.45) is -3.25. The number of carbonyl (C=O) groups excluding carboxylic acids is 2. The zero-order valence-corrected chi connectivity index (χ0v) is 22.9. The zero-order valence-electron chi connectivity index (χ0n) is 20.5. The molecule has 2 aromatic carbocycles. The fraction of sp³-hybridized carbons (Fsp3) is 0.148. The summed E-state index contributed by atoms with van der Waals surface area (Å²) < 4.78 is 45.5. The molecule has 0 bridgehead atoms. The van der Waals surface area contributed by atoms with Gasteiger partial charge in [0.2, 0.25) is 5.91 Å². The molecule has 1 unspecified atom stereocenters. The average Bonchev–Trinajstić information content (AvgIpc) is 3.43. The maximum atomic E-state index is 13.4. The number of nitrogens with one attached hydrogen (secondary N) is 3.